The van der Waals surface area contributed by atoms with Gasteiger partial charge in [-0.2, -0.15) is 0 Å². The smallest absolute Gasteiger partial charge is 0.302 e. The maximum atomic E-state index is 12.7. The van der Waals surface area contributed by atoms with E-state index in [4.69, 9.17) is 33.2 Å². The van der Waals surface area contributed by atoms with Gasteiger partial charge >= 0.3 is 11.9 Å². The van der Waals surface area contributed by atoms with Crippen LogP contribution in [0.3, 0.4) is 0 Å². The second kappa shape index (κ2) is 11.6. The first-order valence-corrected chi connectivity index (χ1v) is 18.1. The molecule has 1 heterocycles. The maximum absolute atomic E-state index is 12.7. The molecule has 6 rings (SSSR count). The van der Waals surface area contributed by atoms with Crippen LogP contribution < -0.4 is 0 Å². The highest BCUT2D eigenvalue weighted by atomic mass is 16.7. The fourth-order valence-corrected chi connectivity index (χ4v) is 13.4. The Morgan fingerprint density at radius 2 is 1.47 bits per heavy atom. The first-order chi connectivity index (χ1) is 21.9. The van der Waals surface area contributed by atoms with Gasteiger partial charge in [-0.3, -0.25) is 9.59 Å². The number of fused-ring (bicyclic) bond motifs is 2. The average molecular weight is 663 g/mol. The van der Waals surface area contributed by atoms with Crippen LogP contribution in [0.1, 0.15) is 120 Å². The highest BCUT2D eigenvalue weighted by molar-refractivity contribution is 5.67. The van der Waals surface area contributed by atoms with E-state index >= 15 is 0 Å². The summed E-state index contributed by atoms with van der Waals surface area (Å²) in [6.45, 7) is 19.6. The van der Waals surface area contributed by atoms with Crippen LogP contribution >= 0.6 is 0 Å². The van der Waals surface area contributed by atoms with Crippen molar-refractivity contribution in [3.05, 3.63) is 0 Å². The van der Waals surface area contributed by atoms with E-state index in [1.807, 2.05) is 0 Å². The number of esters is 2. The number of carbonyl (C=O) groups excluding carboxylic acids is 2. The number of hydrogen-bond acceptors (Lipinski definition) is 9. The Kier molecular flexibility index (Phi) is 8.81. The molecule has 0 aromatic carbocycles. The van der Waals surface area contributed by atoms with Gasteiger partial charge in [-0.05, 0) is 106 Å². The Morgan fingerprint density at radius 3 is 2.11 bits per heavy atom. The summed E-state index contributed by atoms with van der Waals surface area (Å²) >= 11 is 0. The van der Waals surface area contributed by atoms with Crippen LogP contribution in [-0.2, 0) is 42.7 Å². The van der Waals surface area contributed by atoms with Crippen LogP contribution in [0.15, 0.2) is 0 Å². The minimum absolute atomic E-state index is 0.0254. The summed E-state index contributed by atoms with van der Waals surface area (Å²) < 4.78 is 43.0. The van der Waals surface area contributed by atoms with Crippen LogP contribution in [0.2, 0.25) is 0 Å². The van der Waals surface area contributed by atoms with Crippen molar-refractivity contribution in [1.82, 2.24) is 0 Å². The topological polar surface area (TPSA) is 98.8 Å². The number of carbonyl (C=O) groups is 2. The summed E-state index contributed by atoms with van der Waals surface area (Å²) in [5.74, 6) is 0.211. The zero-order valence-corrected chi connectivity index (χ0v) is 31.0. The van der Waals surface area contributed by atoms with E-state index < -0.39 is 11.2 Å². The highest BCUT2D eigenvalue weighted by Gasteiger charge is 2.85. The van der Waals surface area contributed by atoms with E-state index in [2.05, 4.69) is 48.5 Å². The van der Waals surface area contributed by atoms with Crippen molar-refractivity contribution in [3.63, 3.8) is 0 Å². The molecule has 6 fully saturated rings. The second-order valence-electron chi connectivity index (χ2n) is 18.1. The Bertz CT molecular complexity index is 1230. The molecule has 2 spiro atoms. The van der Waals surface area contributed by atoms with Gasteiger partial charge in [0.25, 0.3) is 0 Å². The summed E-state index contributed by atoms with van der Waals surface area (Å²) in [5.41, 5.74) is -1.06. The van der Waals surface area contributed by atoms with Crippen LogP contribution in [0.25, 0.3) is 0 Å². The van der Waals surface area contributed by atoms with Gasteiger partial charge in [0, 0.05) is 45.3 Å². The Balaban J connectivity index is 1.37. The molecule has 0 N–H and O–H groups in total. The van der Waals surface area contributed by atoms with Gasteiger partial charge in [-0.15, -0.1) is 0 Å². The molecule has 1 saturated heterocycles. The van der Waals surface area contributed by atoms with Gasteiger partial charge in [0.1, 0.15) is 25.8 Å². The van der Waals surface area contributed by atoms with E-state index in [9.17, 15) is 9.59 Å². The normalized spacial score (nSPS) is 48.1. The van der Waals surface area contributed by atoms with Gasteiger partial charge in [0.15, 0.2) is 0 Å². The summed E-state index contributed by atoms with van der Waals surface area (Å²) in [6, 6.07) is 0. The minimum Gasteiger partial charge on any atom is -0.462 e. The number of ether oxygens (including phenoxy) is 7. The third-order valence-electron chi connectivity index (χ3n) is 15.3. The van der Waals surface area contributed by atoms with Crippen LogP contribution in [0, 0.1) is 44.8 Å². The highest BCUT2D eigenvalue weighted by Crippen LogP contribution is 2.89. The van der Waals surface area contributed by atoms with E-state index in [0.29, 0.717) is 5.92 Å². The van der Waals surface area contributed by atoms with E-state index in [1.54, 1.807) is 21.1 Å². The molecule has 9 nitrogen and oxygen atoms in total. The molecule has 0 amide bonds. The molecule has 1 aliphatic heterocycles. The first kappa shape index (κ1) is 35.6. The molecule has 0 bridgehead atoms. The maximum Gasteiger partial charge on any atom is 0.302 e. The Morgan fingerprint density at radius 1 is 0.787 bits per heavy atom. The first-order valence-electron chi connectivity index (χ1n) is 18.1. The van der Waals surface area contributed by atoms with Crippen LogP contribution in [-0.4, -0.2) is 75.4 Å². The van der Waals surface area contributed by atoms with Crippen molar-refractivity contribution < 1.29 is 42.7 Å². The lowest BCUT2D eigenvalue weighted by molar-refractivity contribution is -0.230. The van der Waals surface area contributed by atoms with Gasteiger partial charge in [-0.25, -0.2) is 0 Å². The molecule has 1 unspecified atom stereocenters. The molecule has 9 heteroatoms. The SMILES string of the molecule is COCO[C@H]1C[C@@]2(C)[C@@H]3C[C@H](OC(C)=O)[C@H]4C(C)(C)[C@@H](OC(C)=O)CC[C@@]45CC35CC[C@]2(C)[C@H]1[C@@]1(C)CC[C@@H](C(C)(C)OCOC)O1. The minimum atomic E-state index is -0.482. The quantitative estimate of drug-likeness (QED) is 0.184. The molecule has 5 aliphatic carbocycles. The standard InChI is InChI=1S/C38H62O9/c1-23(39)45-25-18-27-35(8)19-26(43-21-41-10)31(36(9)14-12-29(47-36)33(5,6)44-22-42-11)34(35,7)16-17-37(27)20-38(37)15-13-28(46-24(2)40)32(3,4)30(25)38/h25-31H,12-22H2,1-11H3/t25-,26-,27-,28-,29-,30-,31-,34+,35-,36+,37?,38+/m0/s1. The van der Waals surface area contributed by atoms with Crippen molar-refractivity contribution in [2.24, 2.45) is 44.8 Å². The van der Waals surface area contributed by atoms with Gasteiger partial charge in [0.2, 0.25) is 0 Å². The fraction of sp³-hybridized carbons (Fsp3) is 0.947. The van der Waals surface area contributed by atoms with Crippen molar-refractivity contribution in [2.45, 2.75) is 156 Å². The average Bonchev–Trinajstić information content (AvgIpc) is 3.32. The van der Waals surface area contributed by atoms with Gasteiger partial charge < -0.3 is 33.2 Å². The Labute approximate surface area is 282 Å². The number of methoxy groups -OCH3 is 2. The third-order valence-corrected chi connectivity index (χ3v) is 15.3. The lowest BCUT2D eigenvalue weighted by Crippen LogP contribution is -2.63. The molecule has 268 valence electrons. The predicted octanol–water partition coefficient (Wildman–Crippen LogP) is 6.83. The zero-order chi connectivity index (χ0) is 34.4. The number of hydrogen-bond donors (Lipinski definition) is 0. The van der Waals surface area contributed by atoms with Crippen LogP contribution in [0.4, 0.5) is 0 Å². The molecule has 0 aromatic heterocycles. The summed E-state index contributed by atoms with van der Waals surface area (Å²) in [6.07, 6.45) is 8.39. The van der Waals surface area contributed by atoms with E-state index in [-0.39, 0.29) is 88.9 Å². The molecular formula is C38H62O9. The number of rotatable bonds is 10. The monoisotopic (exact) mass is 662 g/mol. The van der Waals surface area contributed by atoms with Crippen molar-refractivity contribution in [3.8, 4) is 0 Å². The molecule has 12 atom stereocenters. The molecule has 6 aliphatic rings. The molecule has 0 radical (unpaired) electrons. The summed E-state index contributed by atoms with van der Waals surface area (Å²) in [4.78, 5) is 24.9. The van der Waals surface area contributed by atoms with Crippen molar-refractivity contribution in [2.75, 3.05) is 27.8 Å². The molecular weight excluding hydrogens is 600 g/mol. The Hall–Kier alpha value is -1.26. The fourth-order valence-electron chi connectivity index (χ4n) is 13.4. The zero-order valence-electron chi connectivity index (χ0n) is 31.0. The second-order valence-corrected chi connectivity index (χ2v) is 18.1. The molecule has 0 aromatic rings. The lowest BCUT2D eigenvalue weighted by Gasteiger charge is -2.64. The third kappa shape index (κ3) is 5.09. The van der Waals surface area contributed by atoms with E-state index in [0.717, 1.165) is 57.8 Å². The van der Waals surface area contributed by atoms with Crippen LogP contribution in [0.5, 0.6) is 0 Å². The predicted molar refractivity (Wildman–Crippen MR) is 175 cm³/mol. The van der Waals surface area contributed by atoms with E-state index in [1.165, 1.54) is 6.92 Å². The van der Waals surface area contributed by atoms with Crippen molar-refractivity contribution >= 4 is 11.9 Å². The van der Waals surface area contributed by atoms with Gasteiger partial charge in [0.05, 0.1) is 23.4 Å². The molecule has 47 heavy (non-hydrogen) atoms. The largest absolute Gasteiger partial charge is 0.462 e. The summed E-state index contributed by atoms with van der Waals surface area (Å²) in [5, 5.41) is 0. The lowest BCUT2D eigenvalue weighted by atomic mass is 9.41. The summed E-state index contributed by atoms with van der Waals surface area (Å²) in [7, 11) is 3.35. The molecule has 5 saturated carbocycles. The van der Waals surface area contributed by atoms with Crippen molar-refractivity contribution in [1.29, 1.82) is 0 Å². The van der Waals surface area contributed by atoms with Gasteiger partial charge in [-0.1, -0.05) is 27.7 Å².